The van der Waals surface area contributed by atoms with Gasteiger partial charge in [-0.05, 0) is 61.0 Å². The summed E-state index contributed by atoms with van der Waals surface area (Å²) in [5.41, 5.74) is 3.17. The van der Waals surface area contributed by atoms with E-state index in [0.717, 1.165) is 45.7 Å². The van der Waals surface area contributed by atoms with E-state index in [1.807, 2.05) is 6.07 Å². The number of amides is 1. The summed E-state index contributed by atoms with van der Waals surface area (Å²) >= 11 is 5.00. The van der Waals surface area contributed by atoms with Crippen molar-refractivity contribution in [1.82, 2.24) is 10.2 Å². The number of ether oxygens (including phenoxy) is 2. The number of hydrogen-bond donors (Lipinski definition) is 2. The van der Waals surface area contributed by atoms with Gasteiger partial charge in [-0.3, -0.25) is 4.79 Å². The van der Waals surface area contributed by atoms with Crippen LogP contribution in [0.4, 0.5) is 5.00 Å². The molecule has 2 aliphatic heterocycles. The third-order valence-electron chi connectivity index (χ3n) is 5.83. The van der Waals surface area contributed by atoms with Crippen molar-refractivity contribution in [2.24, 2.45) is 0 Å². The Morgan fingerprint density at radius 3 is 2.70 bits per heavy atom. The Hall–Kier alpha value is -2.88. The summed E-state index contributed by atoms with van der Waals surface area (Å²) in [5, 5.41) is 7.41. The number of esters is 1. The zero-order valence-corrected chi connectivity index (χ0v) is 20.5. The van der Waals surface area contributed by atoms with E-state index in [1.54, 1.807) is 47.7 Å². The molecule has 2 N–H and O–H groups in total. The number of likely N-dealkylation sites (N-methyl/N-ethyl adjacent to an activating group) is 1. The Labute approximate surface area is 203 Å². The standard InChI is InChI=1S/C24H22BrN3O4S/c1-28-10-9-16-19(12-28)33-23-20(16)22(29)26-21(27-23)14-5-8-17(18(11-14)31-2)32-24(30)13-3-6-15(25)7-4-13/h3-8,11,21,27H,9-10,12H2,1-2H3,(H,26,29). The van der Waals surface area contributed by atoms with Gasteiger partial charge in [-0.25, -0.2) is 4.79 Å². The van der Waals surface area contributed by atoms with E-state index in [1.165, 1.54) is 12.0 Å². The molecule has 0 saturated carbocycles. The minimum Gasteiger partial charge on any atom is -0.493 e. The van der Waals surface area contributed by atoms with E-state index >= 15 is 0 Å². The van der Waals surface area contributed by atoms with Crippen LogP contribution in [0, 0.1) is 0 Å². The van der Waals surface area contributed by atoms with Crippen LogP contribution in [0.2, 0.25) is 0 Å². The van der Waals surface area contributed by atoms with Gasteiger partial charge in [0.15, 0.2) is 11.5 Å². The van der Waals surface area contributed by atoms with Crippen molar-refractivity contribution in [1.29, 1.82) is 0 Å². The number of fused-ring (bicyclic) bond motifs is 3. The van der Waals surface area contributed by atoms with E-state index < -0.39 is 12.1 Å². The van der Waals surface area contributed by atoms with Crippen LogP contribution in [0.5, 0.6) is 11.5 Å². The minimum atomic E-state index is -0.476. The summed E-state index contributed by atoms with van der Waals surface area (Å²) in [6.07, 6.45) is 0.469. The number of carbonyl (C=O) groups excluding carboxylic acids is 2. The molecule has 2 aliphatic rings. The molecule has 2 aromatic carbocycles. The second kappa shape index (κ2) is 8.81. The van der Waals surface area contributed by atoms with Crippen molar-refractivity contribution in [3.05, 3.63) is 74.1 Å². The molecular formula is C24H22BrN3O4S. The highest BCUT2D eigenvalue weighted by molar-refractivity contribution is 9.10. The third kappa shape index (κ3) is 4.23. The third-order valence-corrected chi connectivity index (χ3v) is 7.51. The molecule has 0 radical (unpaired) electrons. The zero-order chi connectivity index (χ0) is 23.1. The average Bonchev–Trinajstić information content (AvgIpc) is 3.17. The number of carbonyl (C=O) groups is 2. The van der Waals surface area contributed by atoms with E-state index in [9.17, 15) is 9.59 Å². The second-order valence-corrected chi connectivity index (χ2v) is 10.1. The van der Waals surface area contributed by atoms with E-state index in [4.69, 9.17) is 9.47 Å². The zero-order valence-electron chi connectivity index (χ0n) is 18.1. The topological polar surface area (TPSA) is 79.9 Å². The van der Waals surface area contributed by atoms with Gasteiger partial charge in [-0.2, -0.15) is 0 Å². The quantitative estimate of drug-likeness (QED) is 0.381. The maximum Gasteiger partial charge on any atom is 0.343 e. The number of nitrogens with one attached hydrogen (secondary N) is 2. The normalized spacial score (nSPS) is 17.4. The number of benzene rings is 2. The molecule has 1 aromatic heterocycles. The van der Waals surface area contributed by atoms with Crippen LogP contribution < -0.4 is 20.1 Å². The second-order valence-electron chi connectivity index (χ2n) is 8.05. The fourth-order valence-electron chi connectivity index (χ4n) is 4.10. The molecule has 170 valence electrons. The Morgan fingerprint density at radius 1 is 1.15 bits per heavy atom. The minimum absolute atomic E-state index is 0.0690. The number of rotatable bonds is 4. The number of thiophene rings is 1. The lowest BCUT2D eigenvalue weighted by atomic mass is 10.0. The molecule has 3 heterocycles. The first-order valence-corrected chi connectivity index (χ1v) is 12.1. The number of hydrogen-bond acceptors (Lipinski definition) is 7. The first-order chi connectivity index (χ1) is 15.9. The molecule has 5 rings (SSSR count). The van der Waals surface area contributed by atoms with Gasteiger partial charge in [0.25, 0.3) is 5.91 Å². The lowest BCUT2D eigenvalue weighted by molar-refractivity contribution is 0.0729. The predicted molar refractivity (Wildman–Crippen MR) is 130 cm³/mol. The first kappa shape index (κ1) is 21.9. The van der Waals surface area contributed by atoms with Gasteiger partial charge in [0.1, 0.15) is 11.2 Å². The summed E-state index contributed by atoms with van der Waals surface area (Å²) in [7, 11) is 3.61. The van der Waals surface area contributed by atoms with Gasteiger partial charge in [-0.1, -0.05) is 22.0 Å². The van der Waals surface area contributed by atoms with Crippen molar-refractivity contribution in [2.75, 3.05) is 26.0 Å². The molecule has 0 bridgehead atoms. The molecule has 3 aromatic rings. The summed E-state index contributed by atoms with van der Waals surface area (Å²) in [4.78, 5) is 29.0. The van der Waals surface area contributed by atoms with Crippen LogP contribution in [0.15, 0.2) is 46.9 Å². The van der Waals surface area contributed by atoms with Crippen LogP contribution >= 0.6 is 27.3 Å². The van der Waals surface area contributed by atoms with Crippen LogP contribution in [-0.4, -0.2) is 37.5 Å². The fourth-order valence-corrected chi connectivity index (χ4v) is 5.72. The highest BCUT2D eigenvalue weighted by Gasteiger charge is 2.33. The maximum atomic E-state index is 13.0. The van der Waals surface area contributed by atoms with Crippen molar-refractivity contribution < 1.29 is 19.1 Å². The van der Waals surface area contributed by atoms with Crippen LogP contribution in [0.25, 0.3) is 0 Å². The number of nitrogens with zero attached hydrogens (tertiary/aromatic N) is 1. The summed E-state index contributed by atoms with van der Waals surface area (Å²) in [6.45, 7) is 1.81. The molecule has 0 aliphatic carbocycles. The van der Waals surface area contributed by atoms with Gasteiger partial charge in [0.05, 0.1) is 18.2 Å². The molecule has 1 amide bonds. The fraction of sp³-hybridized carbons (Fsp3) is 0.250. The molecule has 0 saturated heterocycles. The van der Waals surface area contributed by atoms with Crippen LogP contribution in [-0.2, 0) is 13.0 Å². The monoisotopic (exact) mass is 527 g/mol. The molecule has 0 fully saturated rings. The SMILES string of the molecule is COc1cc(C2NC(=O)c3c(sc4c3CCN(C)C4)N2)ccc1OC(=O)c1ccc(Br)cc1. The Bertz CT molecular complexity index is 1240. The number of methoxy groups -OCH3 is 1. The van der Waals surface area contributed by atoms with Crippen molar-refractivity contribution in [3.63, 3.8) is 0 Å². The number of halogens is 1. The summed E-state index contributed by atoms with van der Waals surface area (Å²) < 4.78 is 11.9. The van der Waals surface area contributed by atoms with Gasteiger partial charge in [0, 0.05) is 22.4 Å². The van der Waals surface area contributed by atoms with Crippen LogP contribution in [0.1, 0.15) is 42.9 Å². The van der Waals surface area contributed by atoms with Gasteiger partial charge in [0.2, 0.25) is 0 Å². The summed E-state index contributed by atoms with van der Waals surface area (Å²) in [6, 6.07) is 12.2. The summed E-state index contributed by atoms with van der Waals surface area (Å²) in [5.74, 6) is 0.176. The lowest BCUT2D eigenvalue weighted by Gasteiger charge is -2.27. The van der Waals surface area contributed by atoms with Gasteiger partial charge < -0.3 is 25.0 Å². The van der Waals surface area contributed by atoms with Crippen molar-refractivity contribution in [2.45, 2.75) is 19.1 Å². The van der Waals surface area contributed by atoms with Crippen molar-refractivity contribution >= 4 is 44.1 Å². The van der Waals surface area contributed by atoms with Crippen LogP contribution in [0.3, 0.4) is 0 Å². The van der Waals surface area contributed by atoms with E-state index in [0.29, 0.717) is 17.1 Å². The van der Waals surface area contributed by atoms with E-state index in [2.05, 4.69) is 38.5 Å². The maximum absolute atomic E-state index is 13.0. The molecule has 7 nitrogen and oxygen atoms in total. The smallest absolute Gasteiger partial charge is 0.343 e. The number of anilines is 1. The Balaban J connectivity index is 1.38. The first-order valence-electron chi connectivity index (χ1n) is 10.5. The molecule has 1 unspecified atom stereocenters. The predicted octanol–water partition coefficient (Wildman–Crippen LogP) is 4.58. The highest BCUT2D eigenvalue weighted by atomic mass is 79.9. The lowest BCUT2D eigenvalue weighted by Crippen LogP contribution is -2.38. The molecule has 0 spiro atoms. The molecule has 9 heteroatoms. The highest BCUT2D eigenvalue weighted by Crippen LogP contribution is 2.41. The van der Waals surface area contributed by atoms with Gasteiger partial charge in [-0.15, -0.1) is 11.3 Å². The van der Waals surface area contributed by atoms with Gasteiger partial charge >= 0.3 is 5.97 Å². The molecule has 1 atom stereocenters. The Kier molecular flexibility index (Phi) is 5.86. The Morgan fingerprint density at radius 2 is 1.94 bits per heavy atom. The average molecular weight is 528 g/mol. The van der Waals surface area contributed by atoms with Crippen molar-refractivity contribution in [3.8, 4) is 11.5 Å². The molecule has 33 heavy (non-hydrogen) atoms. The van der Waals surface area contributed by atoms with E-state index in [-0.39, 0.29) is 5.91 Å². The largest absolute Gasteiger partial charge is 0.493 e. The molecular weight excluding hydrogens is 506 g/mol.